The highest BCUT2D eigenvalue weighted by Gasteiger charge is 2.32. The second kappa shape index (κ2) is 7.76. The summed E-state index contributed by atoms with van der Waals surface area (Å²) in [5.74, 6) is -0.601. The maximum atomic E-state index is 13.0. The van der Waals surface area contributed by atoms with Crippen molar-refractivity contribution in [1.29, 1.82) is 0 Å². The molecule has 2 N–H and O–H groups in total. The molecule has 0 spiro atoms. The number of hydrogen-bond acceptors (Lipinski definition) is 4. The summed E-state index contributed by atoms with van der Waals surface area (Å²) in [6.07, 6.45) is 1.33. The number of carbonyl (C=O) groups excluding carboxylic acids is 1. The van der Waals surface area contributed by atoms with Crippen molar-refractivity contribution < 1.29 is 23.8 Å². The SMILES string of the molecule is CO[C@@H]1CCC[C@@H](NC(=O)COc2ccc(F)c(Cl)c2)[C@H]1O. The zero-order valence-electron chi connectivity index (χ0n) is 12.2. The van der Waals surface area contributed by atoms with Crippen molar-refractivity contribution in [3.8, 4) is 5.75 Å². The molecule has 0 unspecified atom stereocenters. The summed E-state index contributed by atoms with van der Waals surface area (Å²) in [6.45, 7) is -0.233. The number of rotatable bonds is 5. The number of nitrogens with one attached hydrogen (secondary N) is 1. The van der Waals surface area contributed by atoms with Gasteiger partial charge in [0.05, 0.1) is 17.2 Å². The van der Waals surface area contributed by atoms with Crippen molar-refractivity contribution >= 4 is 17.5 Å². The van der Waals surface area contributed by atoms with Crippen LogP contribution in [0.1, 0.15) is 19.3 Å². The minimum Gasteiger partial charge on any atom is -0.484 e. The standard InChI is InChI=1S/C15H19ClFNO4/c1-21-13-4-2-3-12(15(13)20)18-14(19)8-22-9-5-6-11(17)10(16)7-9/h5-7,12-13,15,20H,2-4,8H2,1H3,(H,18,19)/t12-,13-,15-/m1/s1. The molecule has 1 fully saturated rings. The van der Waals surface area contributed by atoms with Gasteiger partial charge in [0.25, 0.3) is 5.91 Å². The second-order valence-electron chi connectivity index (χ2n) is 5.23. The normalized spacial score (nSPS) is 24.8. The smallest absolute Gasteiger partial charge is 0.258 e. The maximum absolute atomic E-state index is 13.0. The Bertz CT molecular complexity index is 528. The monoisotopic (exact) mass is 331 g/mol. The highest BCUT2D eigenvalue weighted by atomic mass is 35.5. The minimum absolute atomic E-state index is 0.0662. The zero-order chi connectivity index (χ0) is 16.1. The van der Waals surface area contributed by atoms with Gasteiger partial charge in [0, 0.05) is 13.2 Å². The molecule has 0 aromatic heterocycles. The second-order valence-corrected chi connectivity index (χ2v) is 5.64. The summed E-state index contributed by atoms with van der Waals surface area (Å²) >= 11 is 5.63. The van der Waals surface area contributed by atoms with Crippen molar-refractivity contribution in [2.24, 2.45) is 0 Å². The van der Waals surface area contributed by atoms with Crippen LogP contribution < -0.4 is 10.1 Å². The number of aliphatic hydroxyl groups is 1. The first-order valence-electron chi connectivity index (χ1n) is 7.09. The molecule has 1 saturated carbocycles. The Balaban J connectivity index is 1.83. The van der Waals surface area contributed by atoms with E-state index < -0.39 is 11.9 Å². The van der Waals surface area contributed by atoms with Gasteiger partial charge in [0.2, 0.25) is 0 Å². The lowest BCUT2D eigenvalue weighted by molar-refractivity contribution is -0.126. The van der Waals surface area contributed by atoms with E-state index in [1.165, 1.54) is 18.2 Å². The number of aliphatic hydroxyl groups excluding tert-OH is 1. The van der Waals surface area contributed by atoms with Crippen LogP contribution in [0.5, 0.6) is 5.75 Å². The topological polar surface area (TPSA) is 67.8 Å². The molecule has 0 saturated heterocycles. The van der Waals surface area contributed by atoms with E-state index in [1.54, 1.807) is 7.11 Å². The van der Waals surface area contributed by atoms with E-state index in [2.05, 4.69) is 5.32 Å². The Labute approximate surface area is 133 Å². The van der Waals surface area contributed by atoms with E-state index >= 15 is 0 Å². The van der Waals surface area contributed by atoms with Crippen molar-refractivity contribution in [1.82, 2.24) is 5.32 Å². The number of methoxy groups -OCH3 is 1. The summed E-state index contributed by atoms with van der Waals surface area (Å²) in [5.41, 5.74) is 0. The van der Waals surface area contributed by atoms with Crippen molar-refractivity contribution in [2.45, 2.75) is 37.5 Å². The lowest BCUT2D eigenvalue weighted by atomic mass is 9.90. The lowest BCUT2D eigenvalue weighted by Gasteiger charge is -2.34. The first kappa shape index (κ1) is 17.0. The van der Waals surface area contributed by atoms with Crippen LogP contribution in [0.15, 0.2) is 18.2 Å². The Morgan fingerprint density at radius 1 is 1.50 bits per heavy atom. The largest absolute Gasteiger partial charge is 0.484 e. The van der Waals surface area contributed by atoms with Gasteiger partial charge in [-0.3, -0.25) is 4.79 Å². The van der Waals surface area contributed by atoms with Gasteiger partial charge in [-0.15, -0.1) is 0 Å². The molecule has 0 aliphatic heterocycles. The van der Waals surface area contributed by atoms with E-state index in [0.717, 1.165) is 12.8 Å². The molecule has 1 aromatic rings. The summed E-state index contributed by atoms with van der Waals surface area (Å²) in [7, 11) is 1.54. The number of hydrogen-bond donors (Lipinski definition) is 2. The number of benzene rings is 1. The van der Waals surface area contributed by atoms with Crippen LogP contribution in [0.3, 0.4) is 0 Å². The first-order valence-corrected chi connectivity index (χ1v) is 7.47. The van der Waals surface area contributed by atoms with Crippen molar-refractivity contribution in [2.75, 3.05) is 13.7 Å². The molecular weight excluding hydrogens is 313 g/mol. The quantitative estimate of drug-likeness (QED) is 0.865. The summed E-state index contributed by atoms with van der Waals surface area (Å²) < 4.78 is 23.5. The molecule has 2 rings (SSSR count). The Kier molecular flexibility index (Phi) is 5.99. The molecular formula is C15H19ClFNO4. The van der Waals surface area contributed by atoms with E-state index in [0.29, 0.717) is 12.2 Å². The van der Waals surface area contributed by atoms with Crippen LogP contribution in [-0.2, 0) is 9.53 Å². The molecule has 122 valence electrons. The molecule has 3 atom stereocenters. The summed E-state index contributed by atoms with van der Waals surface area (Å²) in [5, 5.41) is 12.8. The third kappa shape index (κ3) is 4.32. The average molecular weight is 332 g/mol. The number of carbonyl (C=O) groups is 1. The molecule has 1 amide bonds. The fraction of sp³-hybridized carbons (Fsp3) is 0.533. The van der Waals surface area contributed by atoms with Crippen LogP contribution in [-0.4, -0.2) is 43.0 Å². The van der Waals surface area contributed by atoms with Crippen LogP contribution in [0, 0.1) is 5.82 Å². The zero-order valence-corrected chi connectivity index (χ0v) is 13.0. The van der Waals surface area contributed by atoms with Gasteiger partial charge in [-0.1, -0.05) is 11.6 Å². The predicted octanol–water partition coefficient (Wildman–Crippen LogP) is 1.90. The summed E-state index contributed by atoms with van der Waals surface area (Å²) in [6, 6.07) is 3.52. The van der Waals surface area contributed by atoms with Crippen LogP contribution >= 0.6 is 11.6 Å². The van der Waals surface area contributed by atoms with Crippen LogP contribution in [0.2, 0.25) is 5.02 Å². The van der Waals surface area contributed by atoms with E-state index in [1.807, 2.05) is 0 Å². The van der Waals surface area contributed by atoms with Gasteiger partial charge in [-0.05, 0) is 31.4 Å². The minimum atomic E-state index is -0.733. The maximum Gasteiger partial charge on any atom is 0.258 e. The van der Waals surface area contributed by atoms with Crippen LogP contribution in [0.25, 0.3) is 0 Å². The lowest BCUT2D eigenvalue weighted by Crippen LogP contribution is -2.52. The number of ether oxygens (including phenoxy) is 2. The van der Waals surface area contributed by atoms with Gasteiger partial charge in [0.15, 0.2) is 6.61 Å². The fourth-order valence-corrected chi connectivity index (χ4v) is 2.69. The third-order valence-corrected chi connectivity index (χ3v) is 4.00. The first-order chi connectivity index (χ1) is 10.5. The Hall–Kier alpha value is -1.37. The molecule has 0 bridgehead atoms. The molecule has 7 heteroatoms. The summed E-state index contributed by atoms with van der Waals surface area (Å²) in [4.78, 5) is 11.9. The number of halogens is 2. The average Bonchev–Trinajstić information content (AvgIpc) is 2.50. The van der Waals surface area contributed by atoms with Crippen LogP contribution in [0.4, 0.5) is 4.39 Å². The molecule has 5 nitrogen and oxygen atoms in total. The molecule has 22 heavy (non-hydrogen) atoms. The van der Waals surface area contributed by atoms with Crippen molar-refractivity contribution in [3.63, 3.8) is 0 Å². The number of amides is 1. The van der Waals surface area contributed by atoms with E-state index in [9.17, 15) is 14.3 Å². The molecule has 1 aliphatic rings. The highest BCUT2D eigenvalue weighted by Crippen LogP contribution is 2.22. The fourth-order valence-electron chi connectivity index (χ4n) is 2.52. The van der Waals surface area contributed by atoms with Gasteiger partial charge in [-0.25, -0.2) is 4.39 Å². The van der Waals surface area contributed by atoms with Crippen molar-refractivity contribution in [3.05, 3.63) is 29.0 Å². The van der Waals surface area contributed by atoms with E-state index in [4.69, 9.17) is 21.1 Å². The van der Waals surface area contributed by atoms with E-state index in [-0.39, 0.29) is 29.7 Å². The van der Waals surface area contributed by atoms with Gasteiger partial charge < -0.3 is 19.9 Å². The molecule has 0 heterocycles. The van der Waals surface area contributed by atoms with Gasteiger partial charge in [0.1, 0.15) is 17.7 Å². The van der Waals surface area contributed by atoms with Gasteiger partial charge >= 0.3 is 0 Å². The Morgan fingerprint density at radius 3 is 2.95 bits per heavy atom. The molecule has 0 radical (unpaired) electrons. The Morgan fingerprint density at radius 2 is 2.27 bits per heavy atom. The molecule has 1 aromatic carbocycles. The van der Waals surface area contributed by atoms with Gasteiger partial charge in [-0.2, -0.15) is 0 Å². The predicted molar refractivity (Wildman–Crippen MR) is 79.5 cm³/mol. The molecule has 1 aliphatic carbocycles. The highest BCUT2D eigenvalue weighted by molar-refractivity contribution is 6.30. The third-order valence-electron chi connectivity index (χ3n) is 3.71.